The first kappa shape index (κ1) is 24.4. The molecule has 1 N–H and O–H groups in total. The van der Waals surface area contributed by atoms with Gasteiger partial charge in [-0.2, -0.15) is 0 Å². The number of nitrogens with zero attached hydrogens (tertiary/aromatic N) is 6. The minimum absolute atomic E-state index is 0.293. The Labute approximate surface area is 224 Å². The molecular weight excluding hydrogens is 502 g/mol. The van der Waals surface area contributed by atoms with Crippen LogP contribution >= 0.6 is 11.3 Å². The van der Waals surface area contributed by atoms with Gasteiger partial charge in [0.2, 0.25) is 5.13 Å². The van der Waals surface area contributed by atoms with E-state index in [1.807, 2.05) is 54.6 Å². The molecule has 0 radical (unpaired) electrons. The van der Waals surface area contributed by atoms with Crippen molar-refractivity contribution in [2.75, 3.05) is 67.7 Å². The predicted molar refractivity (Wildman–Crippen MR) is 147 cm³/mol. The van der Waals surface area contributed by atoms with E-state index in [0.29, 0.717) is 62.5 Å². The molecule has 2 fully saturated rings. The number of anilines is 3. The normalized spacial score (nSPS) is 15.9. The lowest BCUT2D eigenvalue weighted by Crippen LogP contribution is -2.37. The summed E-state index contributed by atoms with van der Waals surface area (Å²) in [5, 5.41) is 13.5. The largest absolute Gasteiger partial charge is 0.378 e. The summed E-state index contributed by atoms with van der Waals surface area (Å²) in [6.45, 7) is 5.58. The number of aromatic nitrogens is 4. The summed E-state index contributed by atoms with van der Waals surface area (Å²) in [5.41, 5.74) is 2.60. The lowest BCUT2D eigenvalue weighted by Gasteiger charge is -2.28. The van der Waals surface area contributed by atoms with E-state index in [-0.39, 0.29) is 5.91 Å². The van der Waals surface area contributed by atoms with Crippen LogP contribution in [-0.4, -0.2) is 78.7 Å². The average Bonchev–Trinajstić information content (AvgIpc) is 3.49. The lowest BCUT2D eigenvalue weighted by atomic mass is 10.1. The third-order valence-electron chi connectivity index (χ3n) is 6.41. The van der Waals surface area contributed by atoms with E-state index in [1.54, 1.807) is 6.07 Å². The molecule has 4 heterocycles. The van der Waals surface area contributed by atoms with Crippen LogP contribution in [0, 0.1) is 0 Å². The molecule has 0 aliphatic carbocycles. The second-order valence-electron chi connectivity index (χ2n) is 8.89. The number of morpholine rings is 2. The summed E-state index contributed by atoms with van der Waals surface area (Å²) in [6.07, 6.45) is 0. The Morgan fingerprint density at radius 1 is 0.816 bits per heavy atom. The second-order valence-corrected chi connectivity index (χ2v) is 9.85. The molecule has 2 saturated heterocycles. The number of amides is 1. The van der Waals surface area contributed by atoms with Crippen LogP contribution in [0.25, 0.3) is 22.0 Å². The highest BCUT2D eigenvalue weighted by Crippen LogP contribution is 2.34. The first-order chi connectivity index (χ1) is 18.7. The number of rotatable bonds is 6. The van der Waals surface area contributed by atoms with Crippen LogP contribution in [0.2, 0.25) is 0 Å². The molecule has 1 amide bonds. The minimum atomic E-state index is -0.315. The van der Waals surface area contributed by atoms with Crippen molar-refractivity contribution >= 4 is 33.9 Å². The van der Waals surface area contributed by atoms with E-state index >= 15 is 0 Å². The topological polar surface area (TPSA) is 106 Å². The van der Waals surface area contributed by atoms with Crippen LogP contribution in [-0.2, 0) is 9.47 Å². The minimum Gasteiger partial charge on any atom is -0.378 e. The second kappa shape index (κ2) is 11.2. The number of benzene rings is 2. The first-order valence-corrected chi connectivity index (χ1v) is 13.4. The molecule has 4 aromatic rings. The molecule has 0 spiro atoms. The summed E-state index contributed by atoms with van der Waals surface area (Å²) >= 11 is 1.50. The number of carbonyl (C=O) groups is 1. The Balaban J connectivity index is 1.30. The Morgan fingerprint density at radius 2 is 1.50 bits per heavy atom. The molecule has 6 rings (SSSR count). The Bertz CT molecular complexity index is 1400. The van der Waals surface area contributed by atoms with E-state index in [0.717, 1.165) is 34.4 Å². The van der Waals surface area contributed by atoms with Gasteiger partial charge in [-0.3, -0.25) is 4.79 Å². The Hall–Kier alpha value is -3.93. The standard InChI is InChI=1S/C27H27N7O3S/c35-25(22-18-23(33-10-14-36-15-11-33)30-24(28-22)19-6-2-1-3-7-19)29-21-9-5-4-8-20(21)26-31-32-27(38-26)34-12-16-37-17-13-34/h1-9,18H,10-17H2,(H,29,35). The van der Waals surface area contributed by atoms with Crippen molar-refractivity contribution in [3.8, 4) is 22.0 Å². The van der Waals surface area contributed by atoms with E-state index in [1.165, 1.54) is 11.3 Å². The van der Waals surface area contributed by atoms with Gasteiger partial charge in [0.05, 0.1) is 32.1 Å². The van der Waals surface area contributed by atoms with Gasteiger partial charge in [0.25, 0.3) is 5.91 Å². The number of nitrogens with one attached hydrogen (secondary N) is 1. The summed E-state index contributed by atoms with van der Waals surface area (Å²) in [6, 6.07) is 19.1. The molecule has 0 bridgehead atoms. The molecule has 2 aromatic carbocycles. The van der Waals surface area contributed by atoms with Crippen molar-refractivity contribution in [2.24, 2.45) is 0 Å². The monoisotopic (exact) mass is 529 g/mol. The van der Waals surface area contributed by atoms with Crippen LogP contribution in [0.3, 0.4) is 0 Å². The molecule has 2 aromatic heterocycles. The fraction of sp³-hybridized carbons (Fsp3) is 0.296. The third-order valence-corrected chi connectivity index (χ3v) is 7.43. The maximum atomic E-state index is 13.6. The maximum Gasteiger partial charge on any atom is 0.274 e. The highest BCUT2D eigenvalue weighted by atomic mass is 32.1. The van der Waals surface area contributed by atoms with Crippen LogP contribution in [0.15, 0.2) is 60.7 Å². The SMILES string of the molecule is O=C(Nc1ccccc1-c1nnc(N2CCOCC2)s1)c1cc(N2CCOCC2)nc(-c2ccccc2)n1. The molecule has 0 unspecified atom stereocenters. The average molecular weight is 530 g/mol. The smallest absolute Gasteiger partial charge is 0.274 e. The number of hydrogen-bond acceptors (Lipinski definition) is 10. The zero-order chi connectivity index (χ0) is 25.7. The van der Waals surface area contributed by atoms with Gasteiger partial charge >= 0.3 is 0 Å². The zero-order valence-electron chi connectivity index (χ0n) is 20.7. The number of carbonyl (C=O) groups excluding carboxylic acids is 1. The van der Waals surface area contributed by atoms with Gasteiger partial charge in [0, 0.05) is 43.4 Å². The van der Waals surface area contributed by atoms with Gasteiger partial charge in [-0.25, -0.2) is 9.97 Å². The van der Waals surface area contributed by atoms with Crippen molar-refractivity contribution in [1.82, 2.24) is 20.2 Å². The fourth-order valence-corrected chi connectivity index (χ4v) is 5.33. The fourth-order valence-electron chi connectivity index (χ4n) is 4.39. The van der Waals surface area contributed by atoms with Crippen molar-refractivity contribution in [2.45, 2.75) is 0 Å². The van der Waals surface area contributed by atoms with Crippen LogP contribution in [0.5, 0.6) is 0 Å². The van der Waals surface area contributed by atoms with Crippen molar-refractivity contribution in [1.29, 1.82) is 0 Å². The number of ether oxygens (including phenoxy) is 2. The molecule has 194 valence electrons. The van der Waals surface area contributed by atoms with Gasteiger partial charge in [-0.05, 0) is 12.1 Å². The van der Waals surface area contributed by atoms with Gasteiger partial charge in [-0.15, -0.1) is 10.2 Å². The maximum absolute atomic E-state index is 13.6. The molecule has 0 saturated carbocycles. The van der Waals surface area contributed by atoms with Crippen molar-refractivity contribution < 1.29 is 14.3 Å². The predicted octanol–water partition coefficient (Wildman–Crippen LogP) is 3.59. The quantitative estimate of drug-likeness (QED) is 0.401. The van der Waals surface area contributed by atoms with Crippen molar-refractivity contribution in [3.63, 3.8) is 0 Å². The molecule has 2 aliphatic rings. The van der Waals surface area contributed by atoms with Gasteiger partial charge in [0.1, 0.15) is 11.5 Å². The highest BCUT2D eigenvalue weighted by molar-refractivity contribution is 7.18. The van der Waals surface area contributed by atoms with E-state index in [4.69, 9.17) is 14.5 Å². The van der Waals surface area contributed by atoms with Gasteiger partial charge < -0.3 is 24.6 Å². The van der Waals surface area contributed by atoms with E-state index in [2.05, 4.69) is 30.3 Å². The van der Waals surface area contributed by atoms with Crippen LogP contribution < -0.4 is 15.1 Å². The number of hydrogen-bond donors (Lipinski definition) is 1. The molecule has 0 atom stereocenters. The molecular formula is C27H27N7O3S. The molecule has 38 heavy (non-hydrogen) atoms. The lowest BCUT2D eigenvalue weighted by molar-refractivity contribution is 0.102. The Morgan fingerprint density at radius 3 is 2.26 bits per heavy atom. The Kier molecular flexibility index (Phi) is 7.20. The molecule has 10 nitrogen and oxygen atoms in total. The summed E-state index contributed by atoms with van der Waals surface area (Å²) in [4.78, 5) is 27.3. The summed E-state index contributed by atoms with van der Waals surface area (Å²) in [5.74, 6) is 0.900. The number of para-hydroxylation sites is 1. The van der Waals surface area contributed by atoms with Gasteiger partial charge in [-0.1, -0.05) is 53.8 Å². The zero-order valence-corrected chi connectivity index (χ0v) is 21.6. The first-order valence-electron chi connectivity index (χ1n) is 12.6. The molecule has 11 heteroatoms. The van der Waals surface area contributed by atoms with E-state index < -0.39 is 0 Å². The van der Waals surface area contributed by atoms with Crippen molar-refractivity contribution in [3.05, 3.63) is 66.4 Å². The van der Waals surface area contributed by atoms with E-state index in [9.17, 15) is 4.79 Å². The van der Waals surface area contributed by atoms with Crippen LogP contribution in [0.4, 0.5) is 16.6 Å². The molecule has 2 aliphatic heterocycles. The highest BCUT2D eigenvalue weighted by Gasteiger charge is 2.21. The van der Waals surface area contributed by atoms with Gasteiger partial charge in [0.15, 0.2) is 10.8 Å². The third kappa shape index (κ3) is 5.35. The summed E-state index contributed by atoms with van der Waals surface area (Å²) in [7, 11) is 0. The summed E-state index contributed by atoms with van der Waals surface area (Å²) < 4.78 is 11.0. The van der Waals surface area contributed by atoms with Crippen LogP contribution in [0.1, 0.15) is 10.5 Å².